The topological polar surface area (TPSA) is 38.7 Å². The average Bonchev–Trinajstić information content (AvgIpc) is 2.67. The minimum absolute atomic E-state index is 0.0845. The summed E-state index contributed by atoms with van der Waals surface area (Å²) in [4.78, 5) is 0. The molecule has 1 unspecified atom stereocenters. The molecule has 27 heavy (non-hydrogen) atoms. The molecule has 0 aliphatic heterocycles. The van der Waals surface area contributed by atoms with Crippen molar-refractivity contribution >= 4 is 0 Å². The van der Waals surface area contributed by atoms with E-state index in [-0.39, 0.29) is 6.10 Å². The lowest BCUT2D eigenvalue weighted by atomic mass is 10.0. The van der Waals surface area contributed by atoms with Crippen LogP contribution in [0.3, 0.4) is 0 Å². The molecule has 0 saturated carbocycles. The highest BCUT2D eigenvalue weighted by atomic mass is 16.5. The normalized spacial score (nSPS) is 12.6. The highest BCUT2D eigenvalue weighted by molar-refractivity contribution is 4.57. The summed E-state index contributed by atoms with van der Waals surface area (Å²) in [6.07, 6.45) is 20.5. The Morgan fingerprint density at radius 1 is 0.481 bits per heavy atom. The molecule has 0 aromatic heterocycles. The molecule has 0 saturated heterocycles. The second-order valence-electron chi connectivity index (χ2n) is 8.05. The Labute approximate surface area is 170 Å². The van der Waals surface area contributed by atoms with Crippen LogP contribution >= 0.6 is 0 Å². The zero-order chi connectivity index (χ0) is 19.8. The molecule has 0 spiro atoms. The van der Waals surface area contributed by atoms with Gasteiger partial charge in [0.05, 0.1) is 6.10 Å². The number of aliphatic hydroxyl groups is 1. The predicted octanol–water partition coefficient (Wildman–Crippen LogP) is 7.05. The lowest BCUT2D eigenvalue weighted by Crippen LogP contribution is -2.06. The van der Waals surface area contributed by atoms with Crippen LogP contribution in [0.2, 0.25) is 0 Å². The van der Waals surface area contributed by atoms with Crippen molar-refractivity contribution in [3.63, 3.8) is 0 Å². The number of aliphatic hydroxyl groups excluding tert-OH is 1. The molecular formula is C24H50O3. The van der Waals surface area contributed by atoms with Gasteiger partial charge in [-0.2, -0.15) is 0 Å². The van der Waals surface area contributed by atoms with Gasteiger partial charge in [-0.15, -0.1) is 0 Å². The van der Waals surface area contributed by atoms with E-state index < -0.39 is 0 Å². The van der Waals surface area contributed by atoms with E-state index in [9.17, 15) is 5.11 Å². The van der Waals surface area contributed by atoms with Crippen LogP contribution in [0, 0.1) is 0 Å². The molecule has 1 atom stereocenters. The van der Waals surface area contributed by atoms with Crippen LogP contribution in [0.25, 0.3) is 0 Å². The first-order valence-corrected chi connectivity index (χ1v) is 12.1. The summed E-state index contributed by atoms with van der Waals surface area (Å²) in [5.74, 6) is 0. The van der Waals surface area contributed by atoms with Gasteiger partial charge in [-0.25, -0.2) is 0 Å². The average molecular weight is 387 g/mol. The van der Waals surface area contributed by atoms with Gasteiger partial charge < -0.3 is 14.6 Å². The molecule has 0 aliphatic rings. The fourth-order valence-corrected chi connectivity index (χ4v) is 3.25. The molecule has 0 aromatic carbocycles. The zero-order valence-electron chi connectivity index (χ0n) is 18.7. The van der Waals surface area contributed by atoms with Crippen molar-refractivity contribution in [1.29, 1.82) is 0 Å². The Morgan fingerprint density at radius 3 is 1.26 bits per heavy atom. The lowest BCUT2D eigenvalue weighted by molar-refractivity contribution is 0.122. The van der Waals surface area contributed by atoms with Gasteiger partial charge in [0.1, 0.15) is 0 Å². The lowest BCUT2D eigenvalue weighted by Gasteiger charge is -2.10. The fourth-order valence-electron chi connectivity index (χ4n) is 3.25. The van der Waals surface area contributed by atoms with Crippen molar-refractivity contribution in [1.82, 2.24) is 0 Å². The van der Waals surface area contributed by atoms with E-state index in [0.29, 0.717) is 0 Å². The molecule has 3 nitrogen and oxygen atoms in total. The second kappa shape index (κ2) is 23.9. The van der Waals surface area contributed by atoms with Crippen molar-refractivity contribution < 1.29 is 14.6 Å². The molecule has 0 radical (unpaired) electrons. The van der Waals surface area contributed by atoms with Gasteiger partial charge in [-0.05, 0) is 38.5 Å². The van der Waals surface area contributed by atoms with E-state index in [2.05, 4.69) is 13.8 Å². The largest absolute Gasteiger partial charge is 0.393 e. The van der Waals surface area contributed by atoms with Crippen LogP contribution in [0.1, 0.15) is 123 Å². The summed E-state index contributed by atoms with van der Waals surface area (Å²) >= 11 is 0. The molecule has 1 N–H and O–H groups in total. The van der Waals surface area contributed by atoms with Gasteiger partial charge in [-0.1, -0.05) is 84.5 Å². The van der Waals surface area contributed by atoms with E-state index in [1.165, 1.54) is 83.5 Å². The monoisotopic (exact) mass is 386 g/mol. The summed E-state index contributed by atoms with van der Waals surface area (Å²) in [6, 6.07) is 0. The number of hydrogen-bond donors (Lipinski definition) is 1. The van der Waals surface area contributed by atoms with Gasteiger partial charge in [0, 0.05) is 26.4 Å². The molecule has 0 fully saturated rings. The molecule has 0 rings (SSSR count). The summed E-state index contributed by atoms with van der Waals surface area (Å²) in [6.45, 7) is 8.09. The molecule has 164 valence electrons. The highest BCUT2D eigenvalue weighted by Crippen LogP contribution is 2.13. The minimum Gasteiger partial charge on any atom is -0.393 e. The summed E-state index contributed by atoms with van der Waals surface area (Å²) in [7, 11) is 0. The Bertz CT molecular complexity index is 258. The van der Waals surface area contributed by atoms with E-state index in [1.54, 1.807) is 0 Å². The first-order valence-electron chi connectivity index (χ1n) is 12.1. The third-order valence-corrected chi connectivity index (χ3v) is 5.19. The molecule has 0 aliphatic carbocycles. The van der Waals surface area contributed by atoms with Crippen molar-refractivity contribution in [3.8, 4) is 0 Å². The molecule has 3 heteroatoms. The molecule has 0 amide bonds. The van der Waals surface area contributed by atoms with Gasteiger partial charge in [0.25, 0.3) is 0 Å². The maximum absolute atomic E-state index is 10.1. The van der Waals surface area contributed by atoms with E-state index in [4.69, 9.17) is 9.47 Å². The Hall–Kier alpha value is -0.120. The van der Waals surface area contributed by atoms with Crippen LogP contribution in [-0.4, -0.2) is 37.6 Å². The Kier molecular flexibility index (Phi) is 23.8. The van der Waals surface area contributed by atoms with Crippen molar-refractivity contribution in [2.75, 3.05) is 26.4 Å². The maximum Gasteiger partial charge on any atom is 0.0540 e. The van der Waals surface area contributed by atoms with Crippen molar-refractivity contribution in [2.24, 2.45) is 0 Å². The van der Waals surface area contributed by atoms with E-state index in [0.717, 1.165) is 52.1 Å². The molecule has 0 bridgehead atoms. The smallest absolute Gasteiger partial charge is 0.0540 e. The zero-order valence-corrected chi connectivity index (χ0v) is 18.7. The van der Waals surface area contributed by atoms with E-state index >= 15 is 0 Å². The first-order chi connectivity index (χ1) is 13.3. The van der Waals surface area contributed by atoms with Gasteiger partial charge in [0.2, 0.25) is 0 Å². The second-order valence-corrected chi connectivity index (χ2v) is 8.05. The SMILES string of the molecule is CCCCOCCCCCCCCCCC(O)CCCCCOCCCC. The van der Waals surface area contributed by atoms with Gasteiger partial charge in [-0.3, -0.25) is 0 Å². The van der Waals surface area contributed by atoms with Crippen LogP contribution in [0.5, 0.6) is 0 Å². The summed E-state index contributed by atoms with van der Waals surface area (Å²) in [5.41, 5.74) is 0. The Balaban J connectivity index is 3.11. The number of rotatable bonds is 23. The van der Waals surface area contributed by atoms with Crippen molar-refractivity contribution in [3.05, 3.63) is 0 Å². The fraction of sp³-hybridized carbons (Fsp3) is 1.00. The standard InChI is InChI=1S/C24H50O3/c1-3-5-20-26-22-16-12-10-8-7-9-11-14-18-24(25)19-15-13-17-23-27-21-6-4-2/h24-25H,3-23H2,1-2H3. The molecule has 0 aromatic rings. The number of ether oxygens (including phenoxy) is 2. The third kappa shape index (κ3) is 23.8. The van der Waals surface area contributed by atoms with Crippen LogP contribution < -0.4 is 0 Å². The third-order valence-electron chi connectivity index (χ3n) is 5.19. The summed E-state index contributed by atoms with van der Waals surface area (Å²) < 4.78 is 11.2. The van der Waals surface area contributed by atoms with Crippen LogP contribution in [-0.2, 0) is 9.47 Å². The van der Waals surface area contributed by atoms with E-state index in [1.807, 2.05) is 0 Å². The molecule has 0 heterocycles. The maximum atomic E-state index is 10.1. The van der Waals surface area contributed by atoms with Gasteiger partial charge >= 0.3 is 0 Å². The van der Waals surface area contributed by atoms with Gasteiger partial charge in [0.15, 0.2) is 0 Å². The first kappa shape index (κ1) is 26.9. The highest BCUT2D eigenvalue weighted by Gasteiger charge is 2.03. The Morgan fingerprint density at radius 2 is 0.815 bits per heavy atom. The summed E-state index contributed by atoms with van der Waals surface area (Å²) in [5, 5.41) is 10.1. The molecular weight excluding hydrogens is 336 g/mol. The number of hydrogen-bond acceptors (Lipinski definition) is 3. The van der Waals surface area contributed by atoms with Crippen LogP contribution in [0.15, 0.2) is 0 Å². The minimum atomic E-state index is -0.0845. The predicted molar refractivity (Wildman–Crippen MR) is 117 cm³/mol. The van der Waals surface area contributed by atoms with Crippen molar-refractivity contribution in [2.45, 2.75) is 129 Å². The number of unbranched alkanes of at least 4 members (excludes halogenated alkanes) is 11. The van der Waals surface area contributed by atoms with Crippen LogP contribution in [0.4, 0.5) is 0 Å². The quantitative estimate of drug-likeness (QED) is 0.191.